The third-order valence-electron chi connectivity index (χ3n) is 2.83. The summed E-state index contributed by atoms with van der Waals surface area (Å²) < 4.78 is 4.53. The fraction of sp³-hybridized carbons (Fsp3) is 0.385. The predicted molar refractivity (Wildman–Crippen MR) is 72.4 cm³/mol. The molecule has 0 fully saturated rings. The zero-order chi connectivity index (χ0) is 14.5. The van der Waals surface area contributed by atoms with E-state index >= 15 is 0 Å². The van der Waals surface area contributed by atoms with E-state index in [1.807, 2.05) is 26.0 Å². The number of nitrogen functional groups attached to an aromatic ring is 1. The Kier molecular flexibility index (Phi) is 4.74. The van der Waals surface area contributed by atoms with E-state index in [2.05, 4.69) is 10.1 Å². The summed E-state index contributed by atoms with van der Waals surface area (Å²) in [4.78, 5) is 22.5. The van der Waals surface area contributed by atoms with Crippen LogP contribution < -0.4 is 16.8 Å². The molecule has 0 aliphatic rings. The molecule has 0 saturated carbocycles. The SMILES string of the molecule is CC(C)(C(=O)NCCOC(N)=O)c1ccc(N)cc1. The van der Waals surface area contributed by atoms with Crippen LogP contribution >= 0.6 is 0 Å². The number of amides is 2. The summed E-state index contributed by atoms with van der Waals surface area (Å²) in [6.45, 7) is 3.89. The zero-order valence-corrected chi connectivity index (χ0v) is 11.1. The van der Waals surface area contributed by atoms with Crippen molar-refractivity contribution < 1.29 is 14.3 Å². The van der Waals surface area contributed by atoms with E-state index in [1.54, 1.807) is 12.1 Å². The maximum absolute atomic E-state index is 12.1. The van der Waals surface area contributed by atoms with Gasteiger partial charge in [-0.15, -0.1) is 0 Å². The lowest BCUT2D eigenvalue weighted by Gasteiger charge is -2.24. The van der Waals surface area contributed by atoms with Gasteiger partial charge in [0, 0.05) is 5.69 Å². The lowest BCUT2D eigenvalue weighted by Crippen LogP contribution is -2.41. The maximum Gasteiger partial charge on any atom is 0.404 e. The summed E-state index contributed by atoms with van der Waals surface area (Å²) in [6, 6.07) is 7.13. The van der Waals surface area contributed by atoms with Crippen LogP contribution in [0, 0.1) is 0 Å². The van der Waals surface area contributed by atoms with Crippen molar-refractivity contribution in [1.82, 2.24) is 5.32 Å². The Labute approximate surface area is 112 Å². The smallest absolute Gasteiger partial charge is 0.404 e. The lowest BCUT2D eigenvalue weighted by molar-refractivity contribution is -0.125. The number of benzene rings is 1. The molecule has 0 spiro atoms. The van der Waals surface area contributed by atoms with Gasteiger partial charge in [-0.1, -0.05) is 12.1 Å². The molecule has 104 valence electrons. The number of hydrogen-bond acceptors (Lipinski definition) is 4. The summed E-state index contributed by atoms with van der Waals surface area (Å²) >= 11 is 0. The van der Waals surface area contributed by atoms with Gasteiger partial charge in [0.05, 0.1) is 12.0 Å². The van der Waals surface area contributed by atoms with Crippen LogP contribution in [0.5, 0.6) is 0 Å². The lowest BCUT2D eigenvalue weighted by atomic mass is 9.83. The van der Waals surface area contributed by atoms with Gasteiger partial charge in [0.2, 0.25) is 5.91 Å². The van der Waals surface area contributed by atoms with E-state index < -0.39 is 11.5 Å². The van der Waals surface area contributed by atoms with Crippen molar-refractivity contribution in [2.45, 2.75) is 19.3 Å². The largest absolute Gasteiger partial charge is 0.448 e. The highest BCUT2D eigenvalue weighted by Gasteiger charge is 2.29. The van der Waals surface area contributed by atoms with Crippen LogP contribution in [0.15, 0.2) is 24.3 Å². The molecule has 19 heavy (non-hydrogen) atoms. The van der Waals surface area contributed by atoms with Gasteiger partial charge in [-0.25, -0.2) is 4.79 Å². The van der Waals surface area contributed by atoms with Gasteiger partial charge in [0.15, 0.2) is 0 Å². The minimum absolute atomic E-state index is 0.0545. The van der Waals surface area contributed by atoms with Crippen molar-refractivity contribution in [1.29, 1.82) is 0 Å². The number of primary amides is 1. The third-order valence-corrected chi connectivity index (χ3v) is 2.83. The molecule has 0 heterocycles. The Morgan fingerprint density at radius 1 is 1.26 bits per heavy atom. The van der Waals surface area contributed by atoms with Crippen LogP contribution in [0.1, 0.15) is 19.4 Å². The number of nitrogens with one attached hydrogen (secondary N) is 1. The number of carbonyl (C=O) groups excluding carboxylic acids is 2. The number of hydrogen-bond donors (Lipinski definition) is 3. The van der Waals surface area contributed by atoms with Crippen molar-refractivity contribution >= 4 is 17.7 Å². The van der Waals surface area contributed by atoms with Crippen LogP contribution in [0.3, 0.4) is 0 Å². The highest BCUT2D eigenvalue weighted by Crippen LogP contribution is 2.24. The van der Waals surface area contributed by atoms with Crippen LogP contribution in [0.2, 0.25) is 0 Å². The average molecular weight is 265 g/mol. The Morgan fingerprint density at radius 2 is 1.84 bits per heavy atom. The number of ether oxygens (including phenoxy) is 1. The molecule has 0 unspecified atom stereocenters. The molecular formula is C13H19N3O3. The minimum atomic E-state index is -0.855. The van der Waals surface area contributed by atoms with Crippen LogP contribution in [-0.4, -0.2) is 25.2 Å². The molecule has 0 aliphatic carbocycles. The van der Waals surface area contributed by atoms with E-state index in [1.165, 1.54) is 0 Å². The fourth-order valence-electron chi connectivity index (χ4n) is 1.57. The van der Waals surface area contributed by atoms with Crippen LogP contribution in [0.25, 0.3) is 0 Å². The first-order chi connectivity index (χ1) is 8.84. The summed E-state index contributed by atoms with van der Waals surface area (Å²) in [5, 5.41) is 2.69. The maximum atomic E-state index is 12.1. The normalized spacial score (nSPS) is 10.8. The van der Waals surface area contributed by atoms with E-state index in [-0.39, 0.29) is 19.1 Å². The second kappa shape index (κ2) is 6.08. The highest BCUT2D eigenvalue weighted by atomic mass is 16.5. The molecule has 0 aromatic heterocycles. The molecule has 1 rings (SSSR count). The van der Waals surface area contributed by atoms with Gasteiger partial charge in [0.25, 0.3) is 0 Å². The molecule has 1 aromatic carbocycles. The van der Waals surface area contributed by atoms with E-state index in [4.69, 9.17) is 11.5 Å². The second-order valence-corrected chi connectivity index (χ2v) is 4.67. The van der Waals surface area contributed by atoms with Gasteiger partial charge in [0.1, 0.15) is 6.61 Å². The zero-order valence-electron chi connectivity index (χ0n) is 11.1. The fourth-order valence-corrected chi connectivity index (χ4v) is 1.57. The minimum Gasteiger partial charge on any atom is -0.448 e. The van der Waals surface area contributed by atoms with Crippen molar-refractivity contribution in [3.05, 3.63) is 29.8 Å². The predicted octanol–water partition coefficient (Wildman–Crippen LogP) is 0.758. The van der Waals surface area contributed by atoms with Crippen molar-refractivity contribution in [3.8, 4) is 0 Å². The molecular weight excluding hydrogens is 246 g/mol. The monoisotopic (exact) mass is 265 g/mol. The molecule has 0 aliphatic heterocycles. The van der Waals surface area contributed by atoms with E-state index in [9.17, 15) is 9.59 Å². The summed E-state index contributed by atoms with van der Waals surface area (Å²) in [5.41, 5.74) is 11.2. The number of rotatable bonds is 5. The highest BCUT2D eigenvalue weighted by molar-refractivity contribution is 5.87. The Balaban J connectivity index is 2.58. The van der Waals surface area contributed by atoms with Gasteiger partial charge in [-0.3, -0.25) is 4.79 Å². The Morgan fingerprint density at radius 3 is 2.37 bits per heavy atom. The van der Waals surface area contributed by atoms with E-state index in [0.717, 1.165) is 5.56 Å². The van der Waals surface area contributed by atoms with Gasteiger partial charge < -0.3 is 21.5 Å². The average Bonchev–Trinajstić information content (AvgIpc) is 2.34. The van der Waals surface area contributed by atoms with Crippen molar-refractivity contribution in [2.75, 3.05) is 18.9 Å². The van der Waals surface area contributed by atoms with Crippen LogP contribution in [0.4, 0.5) is 10.5 Å². The van der Waals surface area contributed by atoms with Gasteiger partial charge >= 0.3 is 6.09 Å². The third kappa shape index (κ3) is 4.17. The van der Waals surface area contributed by atoms with Crippen LogP contribution in [-0.2, 0) is 14.9 Å². The van der Waals surface area contributed by atoms with E-state index in [0.29, 0.717) is 5.69 Å². The first-order valence-electron chi connectivity index (χ1n) is 5.90. The van der Waals surface area contributed by atoms with Crippen molar-refractivity contribution in [2.24, 2.45) is 5.73 Å². The molecule has 1 aromatic rings. The quantitative estimate of drug-likeness (QED) is 0.539. The molecule has 2 amide bonds. The molecule has 5 N–H and O–H groups in total. The number of nitrogens with two attached hydrogens (primary N) is 2. The molecule has 0 saturated heterocycles. The number of anilines is 1. The molecule has 6 nitrogen and oxygen atoms in total. The van der Waals surface area contributed by atoms with Crippen molar-refractivity contribution in [3.63, 3.8) is 0 Å². The first kappa shape index (κ1) is 14.8. The summed E-state index contributed by atoms with van der Waals surface area (Å²) in [7, 11) is 0. The topological polar surface area (TPSA) is 107 Å². The van der Waals surface area contributed by atoms with Gasteiger partial charge in [-0.2, -0.15) is 0 Å². The second-order valence-electron chi connectivity index (χ2n) is 4.67. The molecule has 6 heteroatoms. The standard InChI is InChI=1S/C13H19N3O3/c1-13(2,9-3-5-10(14)6-4-9)11(17)16-7-8-19-12(15)18/h3-6H,7-8,14H2,1-2H3,(H2,15,18)(H,16,17). The number of carbonyl (C=O) groups is 2. The molecule has 0 atom stereocenters. The molecule has 0 radical (unpaired) electrons. The Hall–Kier alpha value is -2.24. The summed E-state index contributed by atoms with van der Waals surface area (Å²) in [6.07, 6.45) is -0.855. The van der Waals surface area contributed by atoms with Gasteiger partial charge in [-0.05, 0) is 31.5 Å². The first-order valence-corrected chi connectivity index (χ1v) is 5.90. The summed E-state index contributed by atoms with van der Waals surface area (Å²) in [5.74, 6) is -0.162. The molecule has 0 bridgehead atoms. The Bertz CT molecular complexity index is 455.